The molecule has 2 aromatic carbocycles. The Labute approximate surface area is 155 Å². The minimum absolute atomic E-state index is 0.218. The van der Waals surface area contributed by atoms with Gasteiger partial charge in [0.2, 0.25) is 0 Å². The molecule has 2 amide bonds. The second-order valence-corrected chi connectivity index (χ2v) is 6.54. The molecule has 0 unspecified atom stereocenters. The van der Waals surface area contributed by atoms with E-state index in [1.165, 1.54) is 0 Å². The molecule has 1 aromatic heterocycles. The third-order valence-corrected chi connectivity index (χ3v) is 4.64. The summed E-state index contributed by atoms with van der Waals surface area (Å²) in [5, 5.41) is 10.2. The number of amides is 2. The van der Waals surface area contributed by atoms with Crippen molar-refractivity contribution < 1.29 is 4.79 Å². The zero-order valence-corrected chi connectivity index (χ0v) is 15.5. The molecule has 0 radical (unpaired) electrons. The number of hydrogen-bond acceptors (Lipinski definition) is 2. The van der Waals surface area contributed by atoms with E-state index in [1.807, 2.05) is 72.4 Å². The Morgan fingerprint density at radius 1 is 1.16 bits per heavy atom. The molecule has 5 nitrogen and oxygen atoms in total. The standard InChI is InChI=1S/C19H19BrN4O/c1-14-13-16(7-8-18(14)20)22-19(25)21-11-9-15-10-12-24(23-15)17-5-3-2-4-6-17/h2-8,10,12-13H,9,11H2,1H3,(H2,21,22,25). The van der Waals surface area contributed by atoms with Crippen LogP contribution in [-0.4, -0.2) is 22.4 Å². The molecular formula is C19H19BrN4O. The van der Waals surface area contributed by atoms with Crippen molar-refractivity contribution in [1.82, 2.24) is 15.1 Å². The van der Waals surface area contributed by atoms with Gasteiger partial charge in [0, 0.05) is 29.3 Å². The van der Waals surface area contributed by atoms with E-state index in [0.717, 1.165) is 27.1 Å². The number of anilines is 1. The molecule has 3 rings (SSSR count). The van der Waals surface area contributed by atoms with Gasteiger partial charge < -0.3 is 10.6 Å². The fraction of sp³-hybridized carbons (Fsp3) is 0.158. The molecule has 0 saturated heterocycles. The van der Waals surface area contributed by atoms with E-state index in [0.29, 0.717) is 13.0 Å². The van der Waals surface area contributed by atoms with Crippen LogP contribution in [0.25, 0.3) is 5.69 Å². The van der Waals surface area contributed by atoms with E-state index < -0.39 is 0 Å². The van der Waals surface area contributed by atoms with E-state index in [2.05, 4.69) is 31.7 Å². The Bertz CT molecular complexity index is 861. The number of carbonyl (C=O) groups excluding carboxylic acids is 1. The van der Waals surface area contributed by atoms with Crippen molar-refractivity contribution in [2.24, 2.45) is 0 Å². The van der Waals surface area contributed by atoms with Gasteiger partial charge >= 0.3 is 6.03 Å². The largest absolute Gasteiger partial charge is 0.337 e. The summed E-state index contributed by atoms with van der Waals surface area (Å²) in [6, 6.07) is 17.4. The first-order valence-electron chi connectivity index (χ1n) is 8.03. The van der Waals surface area contributed by atoms with Gasteiger partial charge in [-0.1, -0.05) is 34.1 Å². The molecule has 2 N–H and O–H groups in total. The Balaban J connectivity index is 1.48. The average molecular weight is 399 g/mol. The number of hydrogen-bond donors (Lipinski definition) is 2. The van der Waals surface area contributed by atoms with Gasteiger partial charge in [0.05, 0.1) is 11.4 Å². The van der Waals surface area contributed by atoms with Crippen LogP contribution in [-0.2, 0) is 6.42 Å². The molecule has 0 fully saturated rings. The van der Waals surface area contributed by atoms with Gasteiger partial charge in [-0.3, -0.25) is 0 Å². The van der Waals surface area contributed by atoms with Gasteiger partial charge in [0.25, 0.3) is 0 Å². The van der Waals surface area contributed by atoms with Crippen LogP contribution < -0.4 is 10.6 Å². The van der Waals surface area contributed by atoms with Gasteiger partial charge in [-0.15, -0.1) is 0 Å². The molecule has 3 aromatic rings. The normalized spacial score (nSPS) is 10.5. The molecule has 128 valence electrons. The van der Waals surface area contributed by atoms with Crippen molar-refractivity contribution in [3.8, 4) is 5.69 Å². The minimum atomic E-state index is -0.218. The lowest BCUT2D eigenvalue weighted by molar-refractivity contribution is 0.252. The third-order valence-electron chi connectivity index (χ3n) is 3.75. The fourth-order valence-electron chi connectivity index (χ4n) is 2.42. The molecule has 0 bridgehead atoms. The lowest BCUT2D eigenvalue weighted by atomic mass is 10.2. The second-order valence-electron chi connectivity index (χ2n) is 5.68. The molecule has 0 aliphatic carbocycles. The van der Waals surface area contributed by atoms with Crippen LogP contribution in [0.4, 0.5) is 10.5 Å². The number of urea groups is 1. The van der Waals surface area contributed by atoms with Crippen LogP contribution in [0.2, 0.25) is 0 Å². The lowest BCUT2D eigenvalue weighted by Crippen LogP contribution is -2.30. The van der Waals surface area contributed by atoms with Crippen LogP contribution in [0, 0.1) is 6.92 Å². The van der Waals surface area contributed by atoms with Crippen LogP contribution in [0.15, 0.2) is 65.3 Å². The molecule has 1 heterocycles. The monoisotopic (exact) mass is 398 g/mol. The quantitative estimate of drug-likeness (QED) is 0.672. The number of carbonyl (C=O) groups is 1. The molecule has 0 aliphatic rings. The first-order valence-corrected chi connectivity index (χ1v) is 8.82. The smallest absolute Gasteiger partial charge is 0.319 e. The van der Waals surface area contributed by atoms with Crippen LogP contribution in [0.1, 0.15) is 11.3 Å². The van der Waals surface area contributed by atoms with Gasteiger partial charge in [-0.25, -0.2) is 9.48 Å². The molecule has 6 heteroatoms. The summed E-state index contributed by atoms with van der Waals surface area (Å²) in [4.78, 5) is 12.0. The topological polar surface area (TPSA) is 59.0 Å². The van der Waals surface area contributed by atoms with Crippen LogP contribution in [0.5, 0.6) is 0 Å². The number of nitrogens with zero attached hydrogens (tertiary/aromatic N) is 2. The summed E-state index contributed by atoms with van der Waals surface area (Å²) < 4.78 is 2.85. The van der Waals surface area contributed by atoms with Gasteiger partial charge in [-0.05, 0) is 48.9 Å². The molecular weight excluding hydrogens is 380 g/mol. The van der Waals surface area contributed by atoms with E-state index in [4.69, 9.17) is 0 Å². The van der Waals surface area contributed by atoms with Gasteiger partial charge in [0.15, 0.2) is 0 Å². The van der Waals surface area contributed by atoms with Crippen LogP contribution >= 0.6 is 15.9 Å². The third kappa shape index (κ3) is 4.70. The lowest BCUT2D eigenvalue weighted by Gasteiger charge is -2.08. The first-order chi connectivity index (χ1) is 12.1. The number of aromatic nitrogens is 2. The molecule has 25 heavy (non-hydrogen) atoms. The Morgan fingerprint density at radius 3 is 2.72 bits per heavy atom. The van der Waals surface area contributed by atoms with Crippen molar-refractivity contribution in [3.63, 3.8) is 0 Å². The number of nitrogens with one attached hydrogen (secondary N) is 2. The first kappa shape index (κ1) is 17.2. The molecule has 0 atom stereocenters. The van der Waals surface area contributed by atoms with Crippen molar-refractivity contribution in [1.29, 1.82) is 0 Å². The highest BCUT2D eigenvalue weighted by Gasteiger charge is 2.05. The number of halogens is 1. The minimum Gasteiger partial charge on any atom is -0.337 e. The number of rotatable bonds is 5. The molecule has 0 aliphatic heterocycles. The number of benzene rings is 2. The van der Waals surface area contributed by atoms with Gasteiger partial charge in [0.1, 0.15) is 0 Å². The summed E-state index contributed by atoms with van der Waals surface area (Å²) in [6.07, 6.45) is 2.60. The molecule has 0 saturated carbocycles. The van der Waals surface area contributed by atoms with E-state index in [9.17, 15) is 4.79 Å². The van der Waals surface area contributed by atoms with Crippen molar-refractivity contribution >= 4 is 27.6 Å². The predicted octanol–water partition coefficient (Wildman–Crippen LogP) is 4.31. The van der Waals surface area contributed by atoms with E-state index in [1.54, 1.807) is 0 Å². The zero-order valence-electron chi connectivity index (χ0n) is 13.9. The highest BCUT2D eigenvalue weighted by molar-refractivity contribution is 9.10. The van der Waals surface area contributed by atoms with Crippen molar-refractivity contribution in [2.45, 2.75) is 13.3 Å². The highest BCUT2D eigenvalue weighted by Crippen LogP contribution is 2.19. The highest BCUT2D eigenvalue weighted by atomic mass is 79.9. The number of para-hydroxylation sites is 1. The SMILES string of the molecule is Cc1cc(NC(=O)NCCc2ccn(-c3ccccc3)n2)ccc1Br. The Morgan fingerprint density at radius 2 is 1.96 bits per heavy atom. The molecule has 0 spiro atoms. The maximum absolute atomic E-state index is 12.0. The van der Waals surface area contributed by atoms with Crippen LogP contribution in [0.3, 0.4) is 0 Å². The summed E-state index contributed by atoms with van der Waals surface area (Å²) in [7, 11) is 0. The predicted molar refractivity (Wildman–Crippen MR) is 103 cm³/mol. The summed E-state index contributed by atoms with van der Waals surface area (Å²) in [5.41, 5.74) is 3.80. The summed E-state index contributed by atoms with van der Waals surface area (Å²) in [5.74, 6) is 0. The van der Waals surface area contributed by atoms with E-state index in [-0.39, 0.29) is 6.03 Å². The van der Waals surface area contributed by atoms with E-state index >= 15 is 0 Å². The zero-order chi connectivity index (χ0) is 17.6. The Hall–Kier alpha value is -2.60. The maximum Gasteiger partial charge on any atom is 0.319 e. The fourth-order valence-corrected chi connectivity index (χ4v) is 2.67. The van der Waals surface area contributed by atoms with Crippen molar-refractivity contribution in [2.75, 3.05) is 11.9 Å². The summed E-state index contributed by atoms with van der Waals surface area (Å²) in [6.45, 7) is 2.50. The average Bonchev–Trinajstić information content (AvgIpc) is 3.08. The summed E-state index contributed by atoms with van der Waals surface area (Å²) >= 11 is 3.44. The Kier molecular flexibility index (Phi) is 5.50. The number of aryl methyl sites for hydroxylation is 1. The van der Waals surface area contributed by atoms with Crippen molar-refractivity contribution in [3.05, 3.63) is 76.5 Å². The second kappa shape index (κ2) is 7.98. The van der Waals surface area contributed by atoms with Gasteiger partial charge in [-0.2, -0.15) is 5.10 Å². The maximum atomic E-state index is 12.0.